The predicted octanol–water partition coefficient (Wildman–Crippen LogP) is 2.19. The van der Waals surface area contributed by atoms with Crippen LogP contribution < -0.4 is 10.2 Å². The molecule has 0 radical (unpaired) electrons. The van der Waals surface area contributed by atoms with Crippen molar-refractivity contribution in [3.05, 3.63) is 42.7 Å². The molecule has 1 aliphatic rings. The molecule has 1 aromatic heterocycles. The highest BCUT2D eigenvalue weighted by Gasteiger charge is 2.38. The smallest absolute Gasteiger partial charge is 0.322 e. The number of carbonyl (C=O) groups excluding carboxylic acids is 2. The Labute approximate surface area is 158 Å². The third kappa shape index (κ3) is 4.28. The van der Waals surface area contributed by atoms with Crippen molar-refractivity contribution < 1.29 is 14.3 Å². The minimum Gasteiger partial charge on any atom is -0.383 e. The van der Waals surface area contributed by atoms with E-state index in [-0.39, 0.29) is 11.9 Å². The third-order valence-corrected chi connectivity index (χ3v) is 4.63. The van der Waals surface area contributed by atoms with Crippen LogP contribution in [0.4, 0.5) is 16.2 Å². The molecule has 8 heteroatoms. The lowest BCUT2D eigenvalue weighted by atomic mass is 10.2. The molecule has 3 amide bonds. The molecule has 8 nitrogen and oxygen atoms in total. The number of benzene rings is 1. The van der Waals surface area contributed by atoms with Crippen molar-refractivity contribution in [3.63, 3.8) is 0 Å². The van der Waals surface area contributed by atoms with Crippen molar-refractivity contribution in [2.45, 2.75) is 25.9 Å². The monoisotopic (exact) mass is 371 g/mol. The lowest BCUT2D eigenvalue weighted by Gasteiger charge is -2.26. The molecular formula is C19H25N5O3. The standard InChI is InChI=1S/C19H25N5O3/c1-3-23(19(26)21-15-13-20-22(14-15)11-12-27-2)17-9-10-24(18(17)25)16-7-5-4-6-8-16/h4-8,13-14,17H,3,9-12H2,1-2H3,(H,21,26)/t17-/m0/s1. The van der Waals surface area contributed by atoms with Gasteiger partial charge in [-0.25, -0.2) is 4.79 Å². The summed E-state index contributed by atoms with van der Waals surface area (Å²) in [5.74, 6) is -0.0472. The summed E-state index contributed by atoms with van der Waals surface area (Å²) >= 11 is 0. The molecule has 0 unspecified atom stereocenters. The van der Waals surface area contributed by atoms with Crippen LogP contribution in [0.25, 0.3) is 0 Å². The van der Waals surface area contributed by atoms with E-state index in [0.717, 1.165) is 5.69 Å². The molecule has 27 heavy (non-hydrogen) atoms. The van der Waals surface area contributed by atoms with E-state index < -0.39 is 6.04 Å². The van der Waals surface area contributed by atoms with Gasteiger partial charge in [-0.2, -0.15) is 5.10 Å². The Morgan fingerprint density at radius 1 is 1.37 bits per heavy atom. The van der Waals surface area contributed by atoms with Crippen LogP contribution in [0, 0.1) is 0 Å². The molecule has 0 saturated carbocycles. The van der Waals surface area contributed by atoms with Gasteiger partial charge >= 0.3 is 6.03 Å². The summed E-state index contributed by atoms with van der Waals surface area (Å²) in [6.07, 6.45) is 3.95. The molecular weight excluding hydrogens is 346 g/mol. The lowest BCUT2D eigenvalue weighted by Crippen LogP contribution is -2.47. The zero-order chi connectivity index (χ0) is 19.2. The zero-order valence-corrected chi connectivity index (χ0v) is 15.7. The van der Waals surface area contributed by atoms with Crippen LogP contribution in [0.5, 0.6) is 0 Å². The number of anilines is 2. The number of amides is 3. The van der Waals surface area contributed by atoms with Gasteiger partial charge in [0, 0.05) is 32.1 Å². The summed E-state index contributed by atoms with van der Waals surface area (Å²) in [7, 11) is 1.63. The van der Waals surface area contributed by atoms with Gasteiger partial charge in [0.15, 0.2) is 0 Å². The Hall–Kier alpha value is -2.87. The lowest BCUT2D eigenvalue weighted by molar-refractivity contribution is -0.120. The van der Waals surface area contributed by atoms with Gasteiger partial charge in [0.05, 0.1) is 25.0 Å². The van der Waals surface area contributed by atoms with Gasteiger partial charge in [0.25, 0.3) is 0 Å². The molecule has 0 spiro atoms. The van der Waals surface area contributed by atoms with Crippen molar-refractivity contribution in [3.8, 4) is 0 Å². The number of urea groups is 1. The fourth-order valence-corrected chi connectivity index (χ4v) is 3.25. The molecule has 0 bridgehead atoms. The summed E-state index contributed by atoms with van der Waals surface area (Å²) in [6, 6.07) is 8.79. The topological polar surface area (TPSA) is 79.7 Å². The number of nitrogens with one attached hydrogen (secondary N) is 1. The molecule has 1 fully saturated rings. The minimum atomic E-state index is -0.459. The largest absolute Gasteiger partial charge is 0.383 e. The average Bonchev–Trinajstić information content (AvgIpc) is 3.28. The number of ether oxygens (including phenoxy) is 1. The van der Waals surface area contributed by atoms with Crippen LogP contribution in [-0.4, -0.2) is 59.5 Å². The van der Waals surface area contributed by atoms with E-state index in [1.807, 2.05) is 37.3 Å². The van der Waals surface area contributed by atoms with Crippen molar-refractivity contribution in [2.75, 3.05) is 37.0 Å². The maximum Gasteiger partial charge on any atom is 0.322 e. The molecule has 1 atom stereocenters. The second kappa shape index (κ2) is 8.68. The first-order chi connectivity index (χ1) is 13.1. The fourth-order valence-electron chi connectivity index (χ4n) is 3.25. The number of para-hydroxylation sites is 1. The fraction of sp³-hybridized carbons (Fsp3) is 0.421. The highest BCUT2D eigenvalue weighted by molar-refractivity contribution is 6.02. The Kier molecular flexibility index (Phi) is 6.08. The summed E-state index contributed by atoms with van der Waals surface area (Å²) in [6.45, 7) is 4.08. The molecule has 2 aromatic rings. The molecule has 1 N–H and O–H groups in total. The number of nitrogens with zero attached hydrogens (tertiary/aromatic N) is 4. The summed E-state index contributed by atoms with van der Waals surface area (Å²) in [5.41, 5.74) is 1.46. The number of rotatable bonds is 7. The van der Waals surface area contributed by atoms with E-state index in [1.165, 1.54) is 0 Å². The maximum absolute atomic E-state index is 12.9. The highest BCUT2D eigenvalue weighted by Crippen LogP contribution is 2.24. The molecule has 144 valence electrons. The Bertz CT molecular complexity index is 777. The second-order valence-corrected chi connectivity index (χ2v) is 6.33. The van der Waals surface area contributed by atoms with Crippen LogP contribution in [0.15, 0.2) is 42.7 Å². The average molecular weight is 371 g/mol. The van der Waals surface area contributed by atoms with Crippen molar-refractivity contribution in [2.24, 2.45) is 0 Å². The Balaban J connectivity index is 1.65. The van der Waals surface area contributed by atoms with Gasteiger partial charge in [0.2, 0.25) is 5.91 Å². The molecule has 0 aliphatic carbocycles. The van der Waals surface area contributed by atoms with E-state index in [2.05, 4.69) is 10.4 Å². The molecule has 3 rings (SSSR count). The van der Waals surface area contributed by atoms with Gasteiger partial charge < -0.3 is 19.9 Å². The van der Waals surface area contributed by atoms with Gasteiger partial charge in [-0.3, -0.25) is 9.48 Å². The third-order valence-electron chi connectivity index (χ3n) is 4.63. The van der Waals surface area contributed by atoms with Gasteiger partial charge in [-0.15, -0.1) is 0 Å². The van der Waals surface area contributed by atoms with Crippen LogP contribution >= 0.6 is 0 Å². The second-order valence-electron chi connectivity index (χ2n) is 6.33. The first kappa shape index (κ1) is 18.9. The van der Waals surface area contributed by atoms with E-state index in [0.29, 0.717) is 38.3 Å². The Morgan fingerprint density at radius 3 is 2.85 bits per heavy atom. The van der Waals surface area contributed by atoms with Crippen molar-refractivity contribution in [1.82, 2.24) is 14.7 Å². The minimum absolute atomic E-state index is 0.0472. The summed E-state index contributed by atoms with van der Waals surface area (Å²) in [4.78, 5) is 28.9. The van der Waals surface area contributed by atoms with Crippen molar-refractivity contribution >= 4 is 23.3 Å². The maximum atomic E-state index is 12.9. The van der Waals surface area contributed by atoms with Crippen LogP contribution in [0.1, 0.15) is 13.3 Å². The zero-order valence-electron chi connectivity index (χ0n) is 15.7. The Morgan fingerprint density at radius 2 is 2.15 bits per heavy atom. The summed E-state index contributed by atoms with van der Waals surface area (Å²) in [5, 5.41) is 7.02. The van der Waals surface area contributed by atoms with E-state index in [4.69, 9.17) is 4.74 Å². The molecule has 1 aromatic carbocycles. The number of carbonyl (C=O) groups is 2. The SMILES string of the molecule is CCN(C(=O)Nc1cnn(CCOC)c1)[C@H]1CCN(c2ccccc2)C1=O. The van der Waals surface area contributed by atoms with Crippen molar-refractivity contribution in [1.29, 1.82) is 0 Å². The molecule has 1 aliphatic heterocycles. The first-order valence-electron chi connectivity index (χ1n) is 9.09. The highest BCUT2D eigenvalue weighted by atomic mass is 16.5. The molecule has 2 heterocycles. The normalized spacial score (nSPS) is 16.6. The van der Waals surface area contributed by atoms with E-state index >= 15 is 0 Å². The van der Waals surface area contributed by atoms with E-state index in [9.17, 15) is 9.59 Å². The quantitative estimate of drug-likeness (QED) is 0.809. The predicted molar refractivity (Wildman–Crippen MR) is 103 cm³/mol. The van der Waals surface area contributed by atoms with Crippen LogP contribution in [0.2, 0.25) is 0 Å². The van der Waals surface area contributed by atoms with Gasteiger partial charge in [-0.05, 0) is 25.5 Å². The van der Waals surface area contributed by atoms with Gasteiger partial charge in [0.1, 0.15) is 6.04 Å². The number of aromatic nitrogens is 2. The number of hydrogen-bond acceptors (Lipinski definition) is 4. The first-order valence-corrected chi connectivity index (χ1v) is 9.09. The number of methoxy groups -OCH3 is 1. The van der Waals surface area contributed by atoms with E-state index in [1.54, 1.807) is 34.0 Å². The number of likely N-dealkylation sites (N-methyl/N-ethyl adjacent to an activating group) is 1. The number of hydrogen-bond donors (Lipinski definition) is 1. The van der Waals surface area contributed by atoms with Crippen LogP contribution in [0.3, 0.4) is 0 Å². The summed E-state index contributed by atoms with van der Waals surface area (Å²) < 4.78 is 6.72. The van der Waals surface area contributed by atoms with Gasteiger partial charge in [-0.1, -0.05) is 18.2 Å². The van der Waals surface area contributed by atoms with Crippen LogP contribution in [-0.2, 0) is 16.1 Å². The molecule has 1 saturated heterocycles.